The maximum atomic E-state index is 13.2. The van der Waals surface area contributed by atoms with Crippen LogP contribution in [0.4, 0.5) is 20.2 Å². The highest BCUT2D eigenvalue weighted by molar-refractivity contribution is 5.63. The number of benzene rings is 3. The molecule has 3 rings (SSSR count). The summed E-state index contributed by atoms with van der Waals surface area (Å²) in [5.41, 5.74) is 3.06. The Hall–Kier alpha value is -2.72. The van der Waals surface area contributed by atoms with Gasteiger partial charge in [-0.15, -0.1) is 0 Å². The van der Waals surface area contributed by atoms with Crippen LogP contribution in [-0.2, 0) is 6.42 Å². The lowest BCUT2D eigenvalue weighted by Crippen LogP contribution is -2.30. The van der Waals surface area contributed by atoms with Crippen LogP contribution in [0.3, 0.4) is 0 Å². The molecule has 3 aromatic rings. The maximum absolute atomic E-state index is 13.2. The fourth-order valence-electron chi connectivity index (χ4n) is 2.84. The van der Waals surface area contributed by atoms with E-state index in [1.165, 1.54) is 29.8 Å². The third kappa shape index (κ3) is 5.14. The maximum Gasteiger partial charge on any atom is 0.123 e. The normalized spacial score (nSPS) is 10.7. The Bertz CT molecular complexity index is 741. The summed E-state index contributed by atoms with van der Waals surface area (Å²) in [7, 11) is 0. The average Bonchev–Trinajstić information content (AvgIpc) is 2.67. The first-order valence-electron chi connectivity index (χ1n) is 8.76. The Balaban J connectivity index is 1.60. The molecule has 26 heavy (non-hydrogen) atoms. The van der Waals surface area contributed by atoms with Crippen LogP contribution in [0.25, 0.3) is 0 Å². The fourth-order valence-corrected chi connectivity index (χ4v) is 2.84. The number of anilines is 2. The number of rotatable bonds is 8. The zero-order chi connectivity index (χ0) is 18.2. The highest BCUT2D eigenvalue weighted by Gasteiger charge is 2.09. The summed E-state index contributed by atoms with van der Waals surface area (Å²) in [4.78, 5) is 2.05. The minimum Gasteiger partial charge on any atom is -0.340 e. The Labute approximate surface area is 153 Å². The third-order valence-corrected chi connectivity index (χ3v) is 4.22. The summed E-state index contributed by atoms with van der Waals surface area (Å²) in [5, 5.41) is 3.44. The van der Waals surface area contributed by atoms with E-state index in [1.54, 1.807) is 24.3 Å². The molecule has 0 atom stereocenters. The van der Waals surface area contributed by atoms with Crippen LogP contribution in [0.1, 0.15) is 5.56 Å². The molecular weight excluding hydrogens is 330 g/mol. The van der Waals surface area contributed by atoms with Crippen LogP contribution < -0.4 is 10.2 Å². The minimum atomic E-state index is -0.270. The molecule has 2 nitrogen and oxygen atoms in total. The lowest BCUT2D eigenvalue weighted by molar-refractivity contribution is 0.627. The molecule has 0 saturated carbocycles. The van der Waals surface area contributed by atoms with Gasteiger partial charge in [-0.1, -0.05) is 30.3 Å². The van der Waals surface area contributed by atoms with Gasteiger partial charge < -0.3 is 10.2 Å². The average molecular weight is 352 g/mol. The number of nitrogens with one attached hydrogen (secondary N) is 1. The Morgan fingerprint density at radius 3 is 1.73 bits per heavy atom. The molecule has 3 aromatic carbocycles. The topological polar surface area (TPSA) is 15.3 Å². The smallest absolute Gasteiger partial charge is 0.123 e. The molecule has 134 valence electrons. The molecule has 4 heteroatoms. The lowest BCUT2D eigenvalue weighted by atomic mass is 10.1. The second-order valence-corrected chi connectivity index (χ2v) is 6.09. The van der Waals surface area contributed by atoms with Gasteiger partial charge >= 0.3 is 0 Å². The van der Waals surface area contributed by atoms with Crippen molar-refractivity contribution in [2.24, 2.45) is 0 Å². The molecule has 0 fully saturated rings. The first kappa shape index (κ1) is 18.1. The molecule has 0 amide bonds. The van der Waals surface area contributed by atoms with Gasteiger partial charge in [-0.3, -0.25) is 0 Å². The number of halogens is 2. The Morgan fingerprint density at radius 1 is 0.654 bits per heavy atom. The summed E-state index contributed by atoms with van der Waals surface area (Å²) in [5.74, 6) is -0.539. The molecule has 0 aliphatic rings. The van der Waals surface area contributed by atoms with E-state index in [0.717, 1.165) is 30.9 Å². The quantitative estimate of drug-likeness (QED) is 0.578. The summed E-state index contributed by atoms with van der Waals surface area (Å²) in [6.45, 7) is 2.35. The SMILES string of the molecule is Fc1ccc(N(CCNCCc2ccccc2)c2ccc(F)cc2)cc1. The second kappa shape index (κ2) is 9.11. The minimum absolute atomic E-state index is 0.270. The van der Waals surface area contributed by atoms with Gasteiger partial charge in [0.1, 0.15) is 11.6 Å². The van der Waals surface area contributed by atoms with Crippen molar-refractivity contribution in [3.05, 3.63) is 96.1 Å². The molecule has 0 spiro atoms. The van der Waals surface area contributed by atoms with Crippen LogP contribution in [0.15, 0.2) is 78.9 Å². The van der Waals surface area contributed by atoms with E-state index in [9.17, 15) is 8.78 Å². The monoisotopic (exact) mass is 352 g/mol. The van der Waals surface area contributed by atoms with Crippen molar-refractivity contribution in [3.63, 3.8) is 0 Å². The molecule has 1 N–H and O–H groups in total. The molecular formula is C22H22F2N2. The highest BCUT2D eigenvalue weighted by Crippen LogP contribution is 2.25. The van der Waals surface area contributed by atoms with Gasteiger partial charge in [0.15, 0.2) is 0 Å². The van der Waals surface area contributed by atoms with E-state index >= 15 is 0 Å². The molecule has 0 bridgehead atoms. The largest absolute Gasteiger partial charge is 0.340 e. The first-order chi connectivity index (χ1) is 12.7. The van der Waals surface area contributed by atoms with Crippen LogP contribution in [0.5, 0.6) is 0 Å². The van der Waals surface area contributed by atoms with Crippen molar-refractivity contribution in [2.75, 3.05) is 24.5 Å². The van der Waals surface area contributed by atoms with Crippen LogP contribution in [0.2, 0.25) is 0 Å². The molecule has 0 radical (unpaired) electrons. The van der Waals surface area contributed by atoms with Gasteiger partial charge in [-0.05, 0) is 67.1 Å². The van der Waals surface area contributed by atoms with Gasteiger partial charge in [0, 0.05) is 24.5 Å². The van der Waals surface area contributed by atoms with Gasteiger partial charge in [0.25, 0.3) is 0 Å². The second-order valence-electron chi connectivity index (χ2n) is 6.09. The molecule has 0 heterocycles. The van der Waals surface area contributed by atoms with Crippen LogP contribution >= 0.6 is 0 Å². The summed E-state index contributed by atoms with van der Waals surface area (Å²) >= 11 is 0. The van der Waals surface area contributed by atoms with Crippen LogP contribution in [-0.4, -0.2) is 19.6 Å². The Morgan fingerprint density at radius 2 is 1.19 bits per heavy atom. The van der Waals surface area contributed by atoms with Gasteiger partial charge in [0.05, 0.1) is 0 Å². The molecule has 0 aromatic heterocycles. The van der Waals surface area contributed by atoms with Crippen molar-refractivity contribution in [1.29, 1.82) is 0 Å². The lowest BCUT2D eigenvalue weighted by Gasteiger charge is -2.25. The standard InChI is InChI=1S/C22H22F2N2/c23-19-6-10-21(11-7-19)26(22-12-8-20(24)9-13-22)17-16-25-15-14-18-4-2-1-3-5-18/h1-13,25H,14-17H2. The molecule has 0 unspecified atom stereocenters. The van der Waals surface area contributed by atoms with E-state index in [0.29, 0.717) is 6.54 Å². The molecule has 0 aliphatic carbocycles. The number of hydrogen-bond donors (Lipinski definition) is 1. The fraction of sp³-hybridized carbons (Fsp3) is 0.182. The van der Waals surface area contributed by atoms with Crippen molar-refractivity contribution in [2.45, 2.75) is 6.42 Å². The summed E-state index contributed by atoms with van der Waals surface area (Å²) in [6, 6.07) is 23.0. The molecule has 0 aliphatic heterocycles. The first-order valence-corrected chi connectivity index (χ1v) is 8.76. The van der Waals surface area contributed by atoms with Crippen molar-refractivity contribution in [3.8, 4) is 0 Å². The zero-order valence-corrected chi connectivity index (χ0v) is 14.5. The van der Waals surface area contributed by atoms with E-state index in [-0.39, 0.29) is 11.6 Å². The van der Waals surface area contributed by atoms with Crippen molar-refractivity contribution >= 4 is 11.4 Å². The van der Waals surface area contributed by atoms with E-state index < -0.39 is 0 Å². The third-order valence-electron chi connectivity index (χ3n) is 4.22. The predicted molar refractivity (Wildman–Crippen MR) is 103 cm³/mol. The van der Waals surface area contributed by atoms with Gasteiger partial charge in [-0.25, -0.2) is 8.78 Å². The van der Waals surface area contributed by atoms with E-state index in [4.69, 9.17) is 0 Å². The van der Waals surface area contributed by atoms with Crippen molar-refractivity contribution < 1.29 is 8.78 Å². The van der Waals surface area contributed by atoms with Gasteiger partial charge in [-0.2, -0.15) is 0 Å². The number of hydrogen-bond acceptors (Lipinski definition) is 2. The highest BCUT2D eigenvalue weighted by atomic mass is 19.1. The predicted octanol–water partition coefficient (Wildman–Crippen LogP) is 4.94. The van der Waals surface area contributed by atoms with E-state index in [2.05, 4.69) is 17.4 Å². The summed E-state index contributed by atoms with van der Waals surface area (Å²) in [6.07, 6.45) is 0.966. The van der Waals surface area contributed by atoms with E-state index in [1.807, 2.05) is 23.1 Å². The Kier molecular flexibility index (Phi) is 6.34. The van der Waals surface area contributed by atoms with Crippen LogP contribution in [0, 0.1) is 11.6 Å². The van der Waals surface area contributed by atoms with Crippen molar-refractivity contribution in [1.82, 2.24) is 5.32 Å². The number of nitrogens with zero attached hydrogens (tertiary/aromatic N) is 1. The molecule has 0 saturated heterocycles. The summed E-state index contributed by atoms with van der Waals surface area (Å²) < 4.78 is 26.5. The van der Waals surface area contributed by atoms with Gasteiger partial charge in [0.2, 0.25) is 0 Å². The zero-order valence-electron chi connectivity index (χ0n) is 14.5.